The number of nitrogens with zero attached hydrogens (tertiary/aromatic N) is 2. The molecule has 114 valence electrons. The van der Waals surface area contributed by atoms with E-state index in [0.717, 1.165) is 27.8 Å². The zero-order valence-corrected chi connectivity index (χ0v) is 15.3. The number of nitrogens with one attached hydrogen (secondary N) is 1. The second-order valence-corrected chi connectivity index (χ2v) is 6.75. The molecule has 2 aromatic rings. The van der Waals surface area contributed by atoms with Crippen molar-refractivity contribution >= 4 is 31.9 Å². The van der Waals surface area contributed by atoms with Gasteiger partial charge >= 0.3 is 0 Å². The van der Waals surface area contributed by atoms with Crippen molar-refractivity contribution < 1.29 is 4.74 Å². The molecule has 0 radical (unpaired) electrons. The molecule has 4 nitrogen and oxygen atoms in total. The van der Waals surface area contributed by atoms with Gasteiger partial charge in [-0.25, -0.2) is 0 Å². The van der Waals surface area contributed by atoms with E-state index < -0.39 is 0 Å². The molecule has 21 heavy (non-hydrogen) atoms. The van der Waals surface area contributed by atoms with Crippen LogP contribution in [0.4, 0.5) is 0 Å². The van der Waals surface area contributed by atoms with Crippen molar-refractivity contribution in [1.82, 2.24) is 15.1 Å². The van der Waals surface area contributed by atoms with Crippen LogP contribution >= 0.6 is 31.9 Å². The summed E-state index contributed by atoms with van der Waals surface area (Å²) in [5, 5.41) is 7.56. The number of hydrogen-bond acceptors (Lipinski definition) is 3. The van der Waals surface area contributed by atoms with Gasteiger partial charge in [-0.2, -0.15) is 5.10 Å². The van der Waals surface area contributed by atoms with E-state index >= 15 is 0 Å². The van der Waals surface area contributed by atoms with E-state index in [4.69, 9.17) is 4.74 Å². The van der Waals surface area contributed by atoms with E-state index in [2.05, 4.69) is 68.3 Å². The molecule has 0 atom stereocenters. The predicted molar refractivity (Wildman–Crippen MR) is 91.5 cm³/mol. The molecule has 1 aromatic carbocycles. The molecule has 2 rings (SSSR count). The maximum Gasteiger partial charge on any atom is 0.147 e. The smallest absolute Gasteiger partial charge is 0.147 e. The summed E-state index contributed by atoms with van der Waals surface area (Å²) in [6.07, 6.45) is 3.69. The van der Waals surface area contributed by atoms with Crippen molar-refractivity contribution in [2.45, 2.75) is 33.0 Å². The predicted octanol–water partition coefficient (Wildman–Crippen LogP) is 3.99. The van der Waals surface area contributed by atoms with Crippen molar-refractivity contribution in [2.75, 3.05) is 6.61 Å². The lowest BCUT2D eigenvalue weighted by Crippen LogP contribution is -2.21. The van der Waals surface area contributed by atoms with Gasteiger partial charge in [-0.3, -0.25) is 4.68 Å². The highest BCUT2D eigenvalue weighted by Gasteiger charge is 2.09. The topological polar surface area (TPSA) is 39.1 Å². The Hall–Kier alpha value is -0.850. The Bertz CT molecular complexity index is 547. The summed E-state index contributed by atoms with van der Waals surface area (Å²) in [5.74, 6) is 0.829. The van der Waals surface area contributed by atoms with Crippen molar-refractivity contribution in [2.24, 2.45) is 0 Å². The molecule has 0 bridgehead atoms. The fourth-order valence-corrected chi connectivity index (χ4v) is 3.36. The van der Waals surface area contributed by atoms with Crippen molar-refractivity contribution in [1.29, 1.82) is 0 Å². The van der Waals surface area contributed by atoms with E-state index in [1.165, 1.54) is 5.56 Å². The first kappa shape index (κ1) is 16.5. The molecule has 0 saturated heterocycles. The van der Waals surface area contributed by atoms with Gasteiger partial charge in [0.2, 0.25) is 0 Å². The zero-order valence-electron chi connectivity index (χ0n) is 12.1. The number of hydrogen-bond donors (Lipinski definition) is 1. The summed E-state index contributed by atoms with van der Waals surface area (Å²) in [7, 11) is 0. The van der Waals surface area contributed by atoms with E-state index in [1.54, 1.807) is 6.20 Å². The minimum absolute atomic E-state index is 0.465. The Kier molecular flexibility index (Phi) is 6.26. The van der Waals surface area contributed by atoms with Crippen LogP contribution in [0, 0.1) is 0 Å². The molecule has 1 aromatic heterocycles. The molecule has 6 heteroatoms. The van der Waals surface area contributed by atoms with Crippen LogP contribution in [0.5, 0.6) is 5.75 Å². The summed E-state index contributed by atoms with van der Waals surface area (Å²) in [6, 6.07) is 6.54. The third-order valence-corrected chi connectivity index (χ3v) is 4.08. The van der Waals surface area contributed by atoms with Crippen molar-refractivity contribution in [3.63, 3.8) is 0 Å². The molecule has 0 spiro atoms. The second kappa shape index (κ2) is 7.96. The summed E-state index contributed by atoms with van der Waals surface area (Å²) >= 11 is 7.16. The largest absolute Gasteiger partial charge is 0.489 e. The Labute approximate surface area is 142 Å². The number of halogens is 2. The molecule has 0 aliphatic rings. The average Bonchev–Trinajstić information content (AvgIpc) is 2.92. The number of ether oxygens (including phenoxy) is 1. The number of aromatic nitrogens is 2. The van der Waals surface area contributed by atoms with E-state index in [9.17, 15) is 0 Å². The molecular weight excluding hydrogens is 398 g/mol. The molecule has 0 fully saturated rings. The lowest BCUT2D eigenvalue weighted by Gasteiger charge is -2.14. The standard InChI is InChI=1S/C15H19Br2N3O/c1-11(2)18-10-12-8-13(16)15(14(17)9-12)21-7-6-20-5-3-4-19-20/h3-5,8-9,11,18H,6-7,10H2,1-2H3. The van der Waals surface area contributed by atoms with Crippen LogP contribution in [0.2, 0.25) is 0 Å². The quantitative estimate of drug-likeness (QED) is 0.741. The van der Waals surface area contributed by atoms with Gasteiger partial charge in [0.1, 0.15) is 12.4 Å². The van der Waals surface area contributed by atoms with Crippen molar-refractivity contribution in [3.05, 3.63) is 45.1 Å². The molecule has 0 aliphatic carbocycles. The van der Waals surface area contributed by atoms with Gasteiger partial charge in [0.05, 0.1) is 15.5 Å². The van der Waals surface area contributed by atoms with Crippen molar-refractivity contribution in [3.8, 4) is 5.75 Å². The first-order valence-corrected chi connectivity index (χ1v) is 8.46. The molecule has 0 amide bonds. The molecule has 0 aliphatic heterocycles. The molecular formula is C15H19Br2N3O. The fourth-order valence-electron chi connectivity index (χ4n) is 1.85. The maximum absolute atomic E-state index is 5.85. The minimum Gasteiger partial charge on any atom is -0.489 e. The highest BCUT2D eigenvalue weighted by Crippen LogP contribution is 2.34. The highest BCUT2D eigenvalue weighted by atomic mass is 79.9. The summed E-state index contributed by atoms with van der Waals surface area (Å²) < 4.78 is 9.61. The van der Waals surface area contributed by atoms with Gasteiger partial charge in [0, 0.05) is 25.0 Å². The Balaban J connectivity index is 1.96. The van der Waals surface area contributed by atoms with E-state index in [-0.39, 0.29) is 0 Å². The first-order chi connectivity index (χ1) is 10.1. The lowest BCUT2D eigenvalue weighted by molar-refractivity contribution is 0.288. The van der Waals surface area contributed by atoms with Crippen LogP contribution in [-0.2, 0) is 13.1 Å². The van der Waals surface area contributed by atoms with Crippen LogP contribution in [-0.4, -0.2) is 22.4 Å². The van der Waals surface area contributed by atoms with Gasteiger partial charge in [0.15, 0.2) is 0 Å². The van der Waals surface area contributed by atoms with Gasteiger partial charge in [-0.15, -0.1) is 0 Å². The van der Waals surface area contributed by atoms with Crippen LogP contribution < -0.4 is 10.1 Å². The third-order valence-electron chi connectivity index (χ3n) is 2.90. The second-order valence-electron chi connectivity index (χ2n) is 5.04. The SMILES string of the molecule is CC(C)NCc1cc(Br)c(OCCn2cccn2)c(Br)c1. The minimum atomic E-state index is 0.465. The Morgan fingerprint density at radius 3 is 2.57 bits per heavy atom. The monoisotopic (exact) mass is 415 g/mol. The normalized spacial score (nSPS) is 11.1. The van der Waals surface area contributed by atoms with E-state index in [1.807, 2.05) is 16.9 Å². The van der Waals surface area contributed by atoms with Crippen LogP contribution in [0.3, 0.4) is 0 Å². The van der Waals surface area contributed by atoms with Gasteiger partial charge < -0.3 is 10.1 Å². The Morgan fingerprint density at radius 1 is 1.29 bits per heavy atom. The molecule has 1 heterocycles. The molecule has 0 unspecified atom stereocenters. The third kappa shape index (κ3) is 5.13. The average molecular weight is 417 g/mol. The molecule has 0 saturated carbocycles. The fraction of sp³-hybridized carbons (Fsp3) is 0.400. The van der Waals surface area contributed by atoms with Crippen LogP contribution in [0.1, 0.15) is 19.4 Å². The highest BCUT2D eigenvalue weighted by molar-refractivity contribution is 9.11. The number of rotatable bonds is 7. The van der Waals surface area contributed by atoms with Crippen LogP contribution in [0.25, 0.3) is 0 Å². The summed E-state index contributed by atoms with van der Waals surface area (Å²) in [4.78, 5) is 0. The first-order valence-electron chi connectivity index (χ1n) is 6.88. The lowest BCUT2D eigenvalue weighted by atomic mass is 10.2. The van der Waals surface area contributed by atoms with Gasteiger partial charge in [0.25, 0.3) is 0 Å². The van der Waals surface area contributed by atoms with E-state index in [0.29, 0.717) is 12.6 Å². The zero-order chi connectivity index (χ0) is 15.2. The Morgan fingerprint density at radius 2 is 2.00 bits per heavy atom. The van der Waals surface area contributed by atoms with Crippen LogP contribution in [0.15, 0.2) is 39.5 Å². The summed E-state index contributed by atoms with van der Waals surface area (Å²) in [6.45, 7) is 6.40. The molecule has 1 N–H and O–H groups in total. The van der Waals surface area contributed by atoms with Gasteiger partial charge in [-0.05, 0) is 55.6 Å². The number of benzene rings is 1. The van der Waals surface area contributed by atoms with Gasteiger partial charge in [-0.1, -0.05) is 13.8 Å². The maximum atomic E-state index is 5.85. The summed E-state index contributed by atoms with van der Waals surface area (Å²) in [5.41, 5.74) is 1.21.